The van der Waals surface area contributed by atoms with E-state index in [1.165, 1.54) is 12.1 Å². The average molecular weight is 216 g/mol. The lowest BCUT2D eigenvalue weighted by Crippen LogP contribution is -2.44. The quantitative estimate of drug-likeness (QED) is 0.756. The zero-order valence-corrected chi connectivity index (χ0v) is 8.31. The number of rotatable bonds is 1. The van der Waals surface area contributed by atoms with Crippen molar-refractivity contribution in [3.8, 4) is 5.75 Å². The topological polar surface area (TPSA) is 46.2 Å². The van der Waals surface area contributed by atoms with Crippen LogP contribution in [0.5, 0.6) is 5.75 Å². The van der Waals surface area contributed by atoms with Gasteiger partial charge in [0.05, 0.1) is 10.6 Å². The Balaban J connectivity index is 2.56. The highest BCUT2D eigenvalue weighted by molar-refractivity contribution is 6.30. The molecule has 0 saturated heterocycles. The molecular weight excluding hydrogens is 205 g/mol. The van der Waals surface area contributed by atoms with Gasteiger partial charge in [0.2, 0.25) is 0 Å². The Hall–Kier alpha value is -0.800. The van der Waals surface area contributed by atoms with Gasteiger partial charge in [-0.15, -0.1) is 0 Å². The van der Waals surface area contributed by atoms with Gasteiger partial charge in [-0.3, -0.25) is 0 Å². The van der Waals surface area contributed by atoms with Crippen molar-refractivity contribution in [2.24, 2.45) is 5.73 Å². The Labute approximate surface area is 86.5 Å². The number of halogens is 2. The Bertz CT molecular complexity index is 377. The molecule has 1 aromatic carbocycles. The molecule has 1 saturated carbocycles. The molecule has 3 N–H and O–H groups in total. The minimum atomic E-state index is -0.723. The van der Waals surface area contributed by atoms with Crippen LogP contribution in [0, 0.1) is 5.82 Å². The standard InChI is InChI=1S/C10H11ClFNO/c11-6-2-3-7(14)8(9(6)12)10(13)4-1-5-10/h2-3,14H,1,4-5,13H2. The molecule has 0 radical (unpaired) electrons. The number of hydrogen-bond acceptors (Lipinski definition) is 2. The highest BCUT2D eigenvalue weighted by Gasteiger charge is 2.39. The number of nitrogens with two attached hydrogens (primary N) is 1. The Kier molecular flexibility index (Phi) is 2.16. The van der Waals surface area contributed by atoms with Crippen LogP contribution in [0.25, 0.3) is 0 Å². The molecule has 0 heterocycles. The minimum absolute atomic E-state index is 0.00882. The van der Waals surface area contributed by atoms with Gasteiger partial charge in [-0.1, -0.05) is 11.6 Å². The molecule has 0 bridgehead atoms. The predicted molar refractivity (Wildman–Crippen MR) is 52.8 cm³/mol. The van der Waals surface area contributed by atoms with Crippen LogP contribution < -0.4 is 5.73 Å². The minimum Gasteiger partial charge on any atom is -0.507 e. The second kappa shape index (κ2) is 3.11. The number of benzene rings is 1. The van der Waals surface area contributed by atoms with Gasteiger partial charge < -0.3 is 10.8 Å². The Morgan fingerprint density at radius 3 is 2.57 bits per heavy atom. The fraction of sp³-hybridized carbons (Fsp3) is 0.400. The number of phenols is 1. The summed E-state index contributed by atoms with van der Waals surface area (Å²) in [6, 6.07) is 2.71. The first-order chi connectivity index (χ1) is 6.54. The molecule has 0 spiro atoms. The number of hydrogen-bond donors (Lipinski definition) is 2. The molecule has 0 atom stereocenters. The Morgan fingerprint density at radius 2 is 2.07 bits per heavy atom. The molecule has 2 nitrogen and oxygen atoms in total. The van der Waals surface area contributed by atoms with Crippen molar-refractivity contribution in [2.75, 3.05) is 0 Å². The van der Waals surface area contributed by atoms with Gasteiger partial charge in [-0.05, 0) is 31.4 Å². The summed E-state index contributed by atoms with van der Waals surface area (Å²) in [4.78, 5) is 0. The summed E-state index contributed by atoms with van der Waals surface area (Å²) in [6.45, 7) is 0. The van der Waals surface area contributed by atoms with Crippen molar-refractivity contribution in [3.05, 3.63) is 28.5 Å². The molecule has 0 aromatic heterocycles. The smallest absolute Gasteiger partial charge is 0.150 e. The summed E-state index contributed by atoms with van der Waals surface area (Å²) in [7, 11) is 0. The van der Waals surface area contributed by atoms with Crippen LogP contribution in [0.2, 0.25) is 5.02 Å². The van der Waals surface area contributed by atoms with Crippen LogP contribution in [0.3, 0.4) is 0 Å². The summed E-state index contributed by atoms with van der Waals surface area (Å²) < 4.78 is 13.6. The van der Waals surface area contributed by atoms with Gasteiger partial charge in [0.25, 0.3) is 0 Å². The molecule has 1 fully saturated rings. The second-order valence-corrected chi connectivity index (χ2v) is 4.17. The highest BCUT2D eigenvalue weighted by Crippen LogP contribution is 2.44. The van der Waals surface area contributed by atoms with Crippen molar-refractivity contribution in [1.82, 2.24) is 0 Å². The first-order valence-electron chi connectivity index (χ1n) is 4.51. The first-order valence-corrected chi connectivity index (χ1v) is 4.89. The van der Waals surface area contributed by atoms with E-state index in [9.17, 15) is 9.50 Å². The van der Waals surface area contributed by atoms with Crippen LogP contribution in [-0.2, 0) is 5.54 Å². The fourth-order valence-electron chi connectivity index (χ4n) is 1.82. The number of phenolic OH excluding ortho intramolecular Hbond substituents is 1. The molecule has 14 heavy (non-hydrogen) atoms. The van der Waals surface area contributed by atoms with Gasteiger partial charge >= 0.3 is 0 Å². The Morgan fingerprint density at radius 1 is 1.43 bits per heavy atom. The lowest BCUT2D eigenvalue weighted by molar-refractivity contribution is 0.236. The molecule has 0 unspecified atom stereocenters. The molecule has 0 aliphatic heterocycles. The van der Waals surface area contributed by atoms with Crippen LogP contribution in [0.15, 0.2) is 12.1 Å². The van der Waals surface area contributed by atoms with Gasteiger partial charge in [-0.25, -0.2) is 4.39 Å². The van der Waals surface area contributed by atoms with Crippen molar-refractivity contribution in [3.63, 3.8) is 0 Å². The van der Waals surface area contributed by atoms with Crippen molar-refractivity contribution in [2.45, 2.75) is 24.8 Å². The number of aromatic hydroxyl groups is 1. The van der Waals surface area contributed by atoms with Crippen LogP contribution >= 0.6 is 11.6 Å². The van der Waals surface area contributed by atoms with E-state index >= 15 is 0 Å². The molecule has 1 aromatic rings. The zero-order chi connectivity index (χ0) is 10.3. The van der Waals surface area contributed by atoms with Crippen LogP contribution in [-0.4, -0.2) is 5.11 Å². The summed E-state index contributed by atoms with van der Waals surface area (Å²) in [5.41, 5.74) is 5.38. The molecule has 0 amide bonds. The third kappa shape index (κ3) is 1.28. The van der Waals surface area contributed by atoms with E-state index in [0.717, 1.165) is 6.42 Å². The second-order valence-electron chi connectivity index (χ2n) is 3.77. The molecule has 1 aliphatic rings. The van der Waals surface area contributed by atoms with E-state index in [0.29, 0.717) is 12.8 Å². The van der Waals surface area contributed by atoms with E-state index in [4.69, 9.17) is 17.3 Å². The van der Waals surface area contributed by atoms with E-state index in [1.54, 1.807) is 0 Å². The maximum absolute atomic E-state index is 13.6. The fourth-order valence-corrected chi connectivity index (χ4v) is 1.98. The van der Waals surface area contributed by atoms with E-state index < -0.39 is 11.4 Å². The summed E-state index contributed by atoms with van der Waals surface area (Å²) in [5, 5.41) is 9.55. The van der Waals surface area contributed by atoms with Gasteiger partial charge in [-0.2, -0.15) is 0 Å². The monoisotopic (exact) mass is 215 g/mol. The maximum atomic E-state index is 13.6. The third-order valence-corrected chi connectivity index (χ3v) is 3.11. The summed E-state index contributed by atoms with van der Waals surface area (Å²) in [6.07, 6.45) is 2.34. The van der Waals surface area contributed by atoms with Crippen molar-refractivity contribution in [1.29, 1.82) is 0 Å². The van der Waals surface area contributed by atoms with Crippen LogP contribution in [0.4, 0.5) is 4.39 Å². The maximum Gasteiger partial charge on any atom is 0.150 e. The van der Waals surface area contributed by atoms with E-state index in [-0.39, 0.29) is 16.3 Å². The van der Waals surface area contributed by atoms with Gasteiger partial charge in [0.15, 0.2) is 5.82 Å². The van der Waals surface area contributed by atoms with Gasteiger partial charge in [0.1, 0.15) is 5.75 Å². The van der Waals surface area contributed by atoms with Gasteiger partial charge in [0, 0.05) is 5.54 Å². The zero-order valence-electron chi connectivity index (χ0n) is 7.56. The third-order valence-electron chi connectivity index (χ3n) is 2.82. The largest absolute Gasteiger partial charge is 0.507 e. The highest BCUT2D eigenvalue weighted by atomic mass is 35.5. The SMILES string of the molecule is NC1(c2c(O)ccc(Cl)c2F)CCC1. The van der Waals surface area contributed by atoms with E-state index in [1.807, 2.05) is 0 Å². The molecular formula is C10H11ClFNO. The molecule has 4 heteroatoms. The molecule has 1 aliphatic carbocycles. The normalized spacial score (nSPS) is 19.1. The summed E-state index contributed by atoms with van der Waals surface area (Å²) in [5.74, 6) is -0.692. The summed E-state index contributed by atoms with van der Waals surface area (Å²) >= 11 is 5.63. The predicted octanol–water partition coefficient (Wildman–Crippen LogP) is 2.52. The molecule has 76 valence electrons. The van der Waals surface area contributed by atoms with E-state index in [2.05, 4.69) is 0 Å². The van der Waals surface area contributed by atoms with Crippen molar-refractivity contribution < 1.29 is 9.50 Å². The first kappa shape index (κ1) is 9.74. The molecule has 2 rings (SSSR count). The van der Waals surface area contributed by atoms with Crippen LogP contribution in [0.1, 0.15) is 24.8 Å². The average Bonchev–Trinajstić information content (AvgIpc) is 2.09. The van der Waals surface area contributed by atoms with Crippen molar-refractivity contribution >= 4 is 11.6 Å². The lowest BCUT2D eigenvalue weighted by atomic mass is 9.72. The lowest BCUT2D eigenvalue weighted by Gasteiger charge is -2.39.